The molecule has 3 aromatic rings. The molecule has 2 aromatic carbocycles. The number of pyridine rings is 1. The second-order valence-electron chi connectivity index (χ2n) is 10.5. The van der Waals surface area contributed by atoms with Gasteiger partial charge in [-0.05, 0) is 55.4 Å². The maximum atomic E-state index is 13.4. The highest BCUT2D eigenvalue weighted by Gasteiger charge is 2.31. The van der Waals surface area contributed by atoms with E-state index in [1.54, 1.807) is 17.3 Å². The fraction of sp³-hybridized carbons (Fsp3) is 0.387. The first-order valence-electron chi connectivity index (χ1n) is 13.4. The molecule has 0 saturated heterocycles. The molecule has 0 bridgehead atoms. The molecule has 1 aliphatic heterocycles. The standard InChI is InChI=1S/C31H38N4O4/c1-22-18-35(23(2)21-36)31(38)17-26-16-27(33-30(37)15-24-7-5-4-6-8-24)9-10-28(26)39-29(22)20-34(3)19-25-11-13-32-14-12-25/h4-14,16,22-23,29,36H,15,17-21H2,1-3H3,(H,33,37)/t22-,23-,29-/m0/s1. The van der Waals surface area contributed by atoms with Crippen LogP contribution in [0.2, 0.25) is 0 Å². The molecule has 2 heterocycles. The van der Waals surface area contributed by atoms with E-state index in [4.69, 9.17) is 4.74 Å². The third-order valence-electron chi connectivity index (χ3n) is 7.10. The number of hydrogen-bond acceptors (Lipinski definition) is 6. The topological polar surface area (TPSA) is 95.0 Å². The molecule has 0 fully saturated rings. The molecule has 1 aromatic heterocycles. The number of anilines is 1. The number of likely N-dealkylation sites (N-methyl/N-ethyl adjacent to an activating group) is 1. The minimum Gasteiger partial charge on any atom is -0.488 e. The molecular weight excluding hydrogens is 492 g/mol. The summed E-state index contributed by atoms with van der Waals surface area (Å²) in [7, 11) is 2.05. The molecule has 2 N–H and O–H groups in total. The molecule has 4 rings (SSSR count). The van der Waals surface area contributed by atoms with E-state index in [1.807, 2.05) is 67.6 Å². The monoisotopic (exact) mass is 530 g/mol. The fourth-order valence-electron chi connectivity index (χ4n) is 4.88. The Morgan fingerprint density at radius 1 is 1.15 bits per heavy atom. The van der Waals surface area contributed by atoms with E-state index in [2.05, 4.69) is 29.2 Å². The van der Waals surface area contributed by atoms with Crippen molar-refractivity contribution in [3.63, 3.8) is 0 Å². The van der Waals surface area contributed by atoms with E-state index in [0.717, 1.165) is 17.7 Å². The first-order valence-corrected chi connectivity index (χ1v) is 13.4. The number of fused-ring (bicyclic) bond motifs is 1. The lowest BCUT2D eigenvalue weighted by atomic mass is 10.0. The average molecular weight is 531 g/mol. The van der Waals surface area contributed by atoms with Crippen molar-refractivity contribution in [3.05, 3.63) is 89.7 Å². The van der Waals surface area contributed by atoms with Crippen molar-refractivity contribution in [2.75, 3.05) is 32.1 Å². The first kappa shape index (κ1) is 28.3. The van der Waals surface area contributed by atoms with Crippen LogP contribution in [0.3, 0.4) is 0 Å². The number of carbonyl (C=O) groups is 2. The van der Waals surface area contributed by atoms with Gasteiger partial charge < -0.3 is 20.1 Å². The maximum Gasteiger partial charge on any atom is 0.228 e. The SMILES string of the molecule is C[C@H]1CN([C@@H](C)CO)C(=O)Cc2cc(NC(=O)Cc3ccccc3)ccc2O[C@H]1CN(C)Cc1ccncc1. The second-order valence-corrected chi connectivity index (χ2v) is 10.5. The van der Waals surface area contributed by atoms with Gasteiger partial charge in [0.1, 0.15) is 11.9 Å². The Kier molecular flexibility index (Phi) is 9.68. The molecule has 3 atom stereocenters. The molecule has 1 aliphatic rings. The molecule has 39 heavy (non-hydrogen) atoms. The highest BCUT2D eigenvalue weighted by molar-refractivity contribution is 5.92. The number of aromatic nitrogens is 1. The lowest BCUT2D eigenvalue weighted by Gasteiger charge is -2.34. The summed E-state index contributed by atoms with van der Waals surface area (Å²) < 4.78 is 6.60. The molecule has 0 unspecified atom stereocenters. The summed E-state index contributed by atoms with van der Waals surface area (Å²) in [6.07, 6.45) is 3.75. The van der Waals surface area contributed by atoms with Gasteiger partial charge in [-0.15, -0.1) is 0 Å². The third-order valence-corrected chi connectivity index (χ3v) is 7.10. The normalized spacial score (nSPS) is 18.4. The molecular formula is C31H38N4O4. The minimum atomic E-state index is -0.314. The zero-order valence-corrected chi connectivity index (χ0v) is 22.9. The van der Waals surface area contributed by atoms with Gasteiger partial charge in [-0.3, -0.25) is 19.5 Å². The van der Waals surface area contributed by atoms with E-state index in [1.165, 1.54) is 0 Å². The number of amides is 2. The number of rotatable bonds is 9. The van der Waals surface area contributed by atoms with Crippen LogP contribution in [-0.2, 0) is 29.0 Å². The summed E-state index contributed by atoms with van der Waals surface area (Å²) in [5.74, 6) is 0.444. The smallest absolute Gasteiger partial charge is 0.228 e. The molecule has 0 radical (unpaired) electrons. The fourth-order valence-corrected chi connectivity index (χ4v) is 4.88. The van der Waals surface area contributed by atoms with Gasteiger partial charge in [-0.2, -0.15) is 0 Å². The Hall–Kier alpha value is -3.75. The van der Waals surface area contributed by atoms with Crippen molar-refractivity contribution in [2.24, 2.45) is 5.92 Å². The highest BCUT2D eigenvalue weighted by atomic mass is 16.5. The van der Waals surface area contributed by atoms with Gasteiger partial charge >= 0.3 is 0 Å². The van der Waals surface area contributed by atoms with Crippen LogP contribution in [0.15, 0.2) is 73.1 Å². The average Bonchev–Trinajstić information content (AvgIpc) is 2.97. The molecule has 8 nitrogen and oxygen atoms in total. The van der Waals surface area contributed by atoms with Gasteiger partial charge in [-0.25, -0.2) is 0 Å². The summed E-state index contributed by atoms with van der Waals surface area (Å²) in [6, 6.07) is 18.7. The van der Waals surface area contributed by atoms with Crippen LogP contribution >= 0.6 is 0 Å². The van der Waals surface area contributed by atoms with Crippen LogP contribution in [0.4, 0.5) is 5.69 Å². The first-order chi connectivity index (χ1) is 18.8. The number of hydrogen-bond donors (Lipinski definition) is 2. The van der Waals surface area contributed by atoms with Gasteiger partial charge in [0, 0.05) is 49.2 Å². The number of aliphatic hydroxyl groups is 1. The van der Waals surface area contributed by atoms with Crippen LogP contribution in [0.1, 0.15) is 30.5 Å². The van der Waals surface area contributed by atoms with Crippen LogP contribution < -0.4 is 10.1 Å². The predicted octanol–water partition coefficient (Wildman–Crippen LogP) is 3.54. The van der Waals surface area contributed by atoms with Crippen LogP contribution in [0.25, 0.3) is 0 Å². The molecule has 8 heteroatoms. The van der Waals surface area contributed by atoms with Crippen LogP contribution in [-0.4, -0.2) is 70.6 Å². The van der Waals surface area contributed by atoms with Crippen molar-refractivity contribution in [1.82, 2.24) is 14.8 Å². The maximum absolute atomic E-state index is 13.4. The van der Waals surface area contributed by atoms with Crippen molar-refractivity contribution in [3.8, 4) is 5.75 Å². The molecule has 0 saturated carbocycles. The predicted molar refractivity (Wildman–Crippen MR) is 151 cm³/mol. The molecule has 2 amide bonds. The van der Waals surface area contributed by atoms with E-state index >= 15 is 0 Å². The van der Waals surface area contributed by atoms with Crippen molar-refractivity contribution in [1.29, 1.82) is 0 Å². The Labute approximate surface area is 230 Å². The Bertz CT molecular complexity index is 1240. The molecule has 206 valence electrons. The second kappa shape index (κ2) is 13.4. The van der Waals surface area contributed by atoms with Crippen LogP contribution in [0.5, 0.6) is 5.75 Å². The largest absolute Gasteiger partial charge is 0.488 e. The van der Waals surface area contributed by atoms with Crippen LogP contribution in [0, 0.1) is 5.92 Å². The summed E-state index contributed by atoms with van der Waals surface area (Å²) in [5.41, 5.74) is 3.41. The van der Waals surface area contributed by atoms with Gasteiger partial charge in [0.25, 0.3) is 0 Å². The van der Waals surface area contributed by atoms with Crippen molar-refractivity contribution >= 4 is 17.5 Å². The zero-order valence-electron chi connectivity index (χ0n) is 22.9. The van der Waals surface area contributed by atoms with E-state index in [-0.39, 0.29) is 49.3 Å². The Morgan fingerprint density at radius 3 is 2.62 bits per heavy atom. The van der Waals surface area contributed by atoms with Gasteiger partial charge in [-0.1, -0.05) is 37.3 Å². The van der Waals surface area contributed by atoms with E-state index < -0.39 is 0 Å². The number of nitrogens with one attached hydrogen (secondary N) is 1. The van der Waals surface area contributed by atoms with Crippen molar-refractivity contribution < 1.29 is 19.4 Å². The summed E-state index contributed by atoms with van der Waals surface area (Å²) in [6.45, 7) is 5.68. The Balaban J connectivity index is 1.56. The van der Waals surface area contributed by atoms with Gasteiger partial charge in [0.2, 0.25) is 11.8 Å². The minimum absolute atomic E-state index is 0.0130. The lowest BCUT2D eigenvalue weighted by molar-refractivity contribution is -0.134. The number of carbonyl (C=O) groups excluding carboxylic acids is 2. The molecule has 0 aliphatic carbocycles. The number of nitrogens with zero attached hydrogens (tertiary/aromatic N) is 3. The number of aliphatic hydroxyl groups excluding tert-OH is 1. The van der Waals surface area contributed by atoms with Gasteiger partial charge in [0.15, 0.2) is 0 Å². The molecule has 0 spiro atoms. The summed E-state index contributed by atoms with van der Waals surface area (Å²) >= 11 is 0. The van der Waals surface area contributed by atoms with E-state index in [0.29, 0.717) is 30.1 Å². The van der Waals surface area contributed by atoms with E-state index in [9.17, 15) is 14.7 Å². The zero-order chi connectivity index (χ0) is 27.8. The Morgan fingerprint density at radius 2 is 1.90 bits per heavy atom. The quantitative estimate of drug-likeness (QED) is 0.440. The summed E-state index contributed by atoms with van der Waals surface area (Å²) in [4.78, 5) is 34.2. The van der Waals surface area contributed by atoms with Gasteiger partial charge in [0.05, 0.1) is 25.5 Å². The number of ether oxygens (including phenoxy) is 1. The summed E-state index contributed by atoms with van der Waals surface area (Å²) in [5, 5.41) is 12.8. The third kappa shape index (κ3) is 7.88. The number of benzene rings is 2. The lowest BCUT2D eigenvalue weighted by Crippen LogP contribution is -2.47. The highest BCUT2D eigenvalue weighted by Crippen LogP contribution is 2.29. The van der Waals surface area contributed by atoms with Crippen molar-refractivity contribution in [2.45, 2.75) is 45.4 Å².